The Bertz CT molecular complexity index is 4670. The van der Waals surface area contributed by atoms with Gasteiger partial charge in [-0.1, -0.05) is 0 Å². The fourth-order valence-corrected chi connectivity index (χ4v) is 13.1. The van der Waals surface area contributed by atoms with Crippen LogP contribution in [0.4, 0.5) is 75.2 Å². The highest BCUT2D eigenvalue weighted by Crippen LogP contribution is 2.34. The molecule has 0 spiro atoms. The third-order valence-corrected chi connectivity index (χ3v) is 19.2. The van der Waals surface area contributed by atoms with Crippen LogP contribution in [0.25, 0.3) is 33.1 Å². The predicted octanol–water partition coefficient (Wildman–Crippen LogP) is 13.5. The zero-order valence-corrected chi connectivity index (χ0v) is 71.9. The standard InChI is InChI=1S/3C29H36F2N6O4/c3*1-18(34-22-15-20(30)14-21(31)16-22)23-12-19(27(38)32-6-7-36(5)28(39)41-29(2,3)4)13-24-26(23)35-25(17-33-24)37-8-10-40-11-9-37/h3*12-18,34H,6-11H2,1-5H3,(H,32,38). The SMILES string of the molecule is CC(Nc1cc(F)cc(F)c1)c1cc(C(=O)NCCN(C)C(=O)OC(C)(C)C)cc2ncc(N3CCOCC3)nc12.CC(Nc1cc(F)cc(F)c1)c1cc(C(=O)NCCN(C)C(=O)OC(C)(C)C)cc2ncc(N3CCOCC3)nc12.CC(Nc1cc(F)cc(F)c1)c1cc(C(=O)NCCN(C)C(=O)OC(C)(C)C)cc2ncc(N3CCOCC3)nc12. The third-order valence-electron chi connectivity index (χ3n) is 19.2. The number of hydrogen-bond acceptors (Lipinski definition) is 24. The van der Waals surface area contributed by atoms with Crippen molar-refractivity contribution in [3.05, 3.63) is 178 Å². The zero-order chi connectivity index (χ0) is 89.2. The first kappa shape index (κ1) is 93.1. The monoisotopic (exact) mass is 1710 g/mol. The Morgan fingerprint density at radius 1 is 0.374 bits per heavy atom. The number of ether oxygens (including phenoxy) is 6. The molecule has 12 rings (SSSR count). The van der Waals surface area contributed by atoms with E-state index < -0.39 is 88.1 Å². The number of morpholine rings is 3. The highest BCUT2D eigenvalue weighted by molar-refractivity contribution is 6.00. The largest absolute Gasteiger partial charge is 0.444 e. The molecule has 0 radical (unpaired) electrons. The second kappa shape index (κ2) is 41.6. The number of amides is 6. The summed E-state index contributed by atoms with van der Waals surface area (Å²) < 4.78 is 116. The van der Waals surface area contributed by atoms with Crippen molar-refractivity contribution >= 4 is 104 Å². The van der Waals surface area contributed by atoms with Gasteiger partial charge in [-0.25, -0.2) is 55.7 Å². The fourth-order valence-electron chi connectivity index (χ4n) is 13.1. The molecule has 3 aromatic heterocycles. The highest BCUT2D eigenvalue weighted by Gasteiger charge is 2.28. The van der Waals surface area contributed by atoms with Crippen LogP contribution in [0.1, 0.15) is 149 Å². The van der Waals surface area contributed by atoms with Gasteiger partial charge in [0.1, 0.15) is 69.2 Å². The van der Waals surface area contributed by atoms with Crippen molar-refractivity contribution in [3.8, 4) is 0 Å². The minimum atomic E-state index is -0.705. The summed E-state index contributed by atoms with van der Waals surface area (Å²) in [6.07, 6.45) is 3.53. The molecule has 6 amide bonds. The number of fused-ring (bicyclic) bond motifs is 3. The number of anilines is 6. The van der Waals surface area contributed by atoms with E-state index in [4.69, 9.17) is 43.4 Å². The molecule has 0 aliphatic carbocycles. The molecule has 3 fully saturated rings. The topological polar surface area (TPSA) is 327 Å². The molecule has 3 saturated heterocycles. The Morgan fingerprint density at radius 3 is 0.821 bits per heavy atom. The van der Waals surface area contributed by atoms with Crippen LogP contribution in [-0.4, -0.2) is 237 Å². The Kier molecular flexibility index (Phi) is 31.5. The van der Waals surface area contributed by atoms with E-state index in [1.54, 1.807) is 138 Å². The Hall–Kier alpha value is -12.2. The summed E-state index contributed by atoms with van der Waals surface area (Å²) in [5.74, 6) is -3.31. The summed E-state index contributed by atoms with van der Waals surface area (Å²) in [5.41, 5.74) is 4.94. The average Bonchev–Trinajstić information content (AvgIpc) is 0.785. The van der Waals surface area contributed by atoms with Gasteiger partial charge < -0.3 is 89.7 Å². The van der Waals surface area contributed by atoms with Gasteiger partial charge in [-0.3, -0.25) is 29.3 Å². The third kappa shape index (κ3) is 27.4. The van der Waals surface area contributed by atoms with Gasteiger partial charge in [0.2, 0.25) is 0 Å². The van der Waals surface area contributed by atoms with E-state index in [9.17, 15) is 55.1 Å². The number of nitrogens with zero attached hydrogens (tertiary/aromatic N) is 12. The summed E-state index contributed by atoms with van der Waals surface area (Å²) in [7, 11) is 4.79. The zero-order valence-electron chi connectivity index (χ0n) is 71.9. The lowest BCUT2D eigenvalue weighted by Gasteiger charge is -2.28. The first-order chi connectivity index (χ1) is 58.2. The smallest absolute Gasteiger partial charge is 0.410 e. The van der Waals surface area contributed by atoms with Gasteiger partial charge in [0, 0.05) is 168 Å². The van der Waals surface area contributed by atoms with E-state index in [2.05, 4.69) is 61.6 Å². The number of carbonyl (C=O) groups excluding carboxylic acids is 6. The lowest BCUT2D eigenvalue weighted by Crippen LogP contribution is -2.39. The maximum Gasteiger partial charge on any atom is 0.410 e. The minimum absolute atomic E-state index is 0.194. The fraction of sp³-hybridized carbons (Fsp3) is 0.448. The van der Waals surface area contributed by atoms with E-state index in [1.165, 1.54) is 51.1 Å². The van der Waals surface area contributed by atoms with Crippen LogP contribution < -0.4 is 46.6 Å². The van der Waals surface area contributed by atoms with Crippen molar-refractivity contribution < 1.29 is 83.5 Å². The maximum atomic E-state index is 13.9. The van der Waals surface area contributed by atoms with Gasteiger partial charge in [-0.2, -0.15) is 0 Å². The Morgan fingerprint density at radius 2 is 0.602 bits per heavy atom. The van der Waals surface area contributed by atoms with Gasteiger partial charge >= 0.3 is 18.3 Å². The van der Waals surface area contributed by atoms with Crippen LogP contribution in [0.2, 0.25) is 0 Å². The van der Waals surface area contributed by atoms with Crippen molar-refractivity contribution in [2.75, 3.05) is 170 Å². The molecule has 9 aromatic rings. The Labute approximate surface area is 710 Å². The number of carbonyl (C=O) groups is 6. The van der Waals surface area contributed by atoms with Crippen LogP contribution in [-0.2, 0) is 28.4 Å². The first-order valence-corrected chi connectivity index (χ1v) is 40.4. The first-order valence-electron chi connectivity index (χ1n) is 40.4. The van der Waals surface area contributed by atoms with Crippen LogP contribution in [0, 0.1) is 34.9 Å². The average molecular weight is 1710 g/mol. The lowest BCUT2D eigenvalue weighted by atomic mass is 10.0. The van der Waals surface area contributed by atoms with Crippen LogP contribution >= 0.6 is 0 Å². The molecule has 3 aliphatic heterocycles. The van der Waals surface area contributed by atoms with Crippen LogP contribution in [0.15, 0.2) is 110 Å². The molecular formula is C87H108F6N18O12. The molecule has 6 N–H and O–H groups in total. The van der Waals surface area contributed by atoms with Gasteiger partial charge in [0.05, 0.1) is 109 Å². The molecule has 0 bridgehead atoms. The van der Waals surface area contributed by atoms with Gasteiger partial charge in [-0.15, -0.1) is 0 Å². The summed E-state index contributed by atoms with van der Waals surface area (Å²) in [5, 5.41) is 17.8. The molecule has 6 heterocycles. The quantitative estimate of drug-likeness (QED) is 0.0242. The van der Waals surface area contributed by atoms with E-state index in [-0.39, 0.29) is 74.1 Å². The molecule has 660 valence electrons. The summed E-state index contributed by atoms with van der Waals surface area (Å²) in [6, 6.07) is 18.2. The van der Waals surface area contributed by atoms with Crippen LogP contribution in [0.3, 0.4) is 0 Å². The number of hydrogen-bond donors (Lipinski definition) is 6. The number of aromatic nitrogens is 6. The van der Waals surface area contributed by atoms with Crippen LogP contribution in [0.5, 0.6) is 0 Å². The van der Waals surface area contributed by atoms with E-state index in [0.29, 0.717) is 163 Å². The molecule has 0 saturated carbocycles. The second-order valence-corrected chi connectivity index (χ2v) is 32.8. The van der Waals surface area contributed by atoms with Gasteiger partial charge in [0.25, 0.3) is 17.7 Å². The number of rotatable bonds is 24. The number of likely N-dealkylation sites (N-methyl/N-ethyl adjacent to an activating group) is 3. The number of benzene rings is 6. The Balaban J connectivity index is 0.000000193. The molecule has 123 heavy (non-hydrogen) atoms. The van der Waals surface area contributed by atoms with Crippen molar-refractivity contribution in [3.63, 3.8) is 0 Å². The molecule has 30 nitrogen and oxygen atoms in total. The highest BCUT2D eigenvalue weighted by atomic mass is 19.2. The summed E-state index contributed by atoms with van der Waals surface area (Å²) in [4.78, 5) is 115. The van der Waals surface area contributed by atoms with Crippen molar-refractivity contribution in [2.24, 2.45) is 0 Å². The van der Waals surface area contributed by atoms with Crippen molar-refractivity contribution in [1.29, 1.82) is 0 Å². The molecule has 36 heteroatoms. The molecule has 3 unspecified atom stereocenters. The van der Waals surface area contributed by atoms with Gasteiger partial charge in [0.15, 0.2) is 0 Å². The molecule has 6 aromatic carbocycles. The van der Waals surface area contributed by atoms with Crippen molar-refractivity contribution in [2.45, 2.75) is 118 Å². The van der Waals surface area contributed by atoms with E-state index in [0.717, 1.165) is 18.2 Å². The summed E-state index contributed by atoms with van der Waals surface area (Å²) in [6.45, 7) is 30.3. The number of halogens is 6. The summed E-state index contributed by atoms with van der Waals surface area (Å²) >= 11 is 0. The minimum Gasteiger partial charge on any atom is -0.444 e. The van der Waals surface area contributed by atoms with E-state index in [1.807, 2.05) is 20.8 Å². The molecule has 3 aliphatic rings. The normalized spacial score (nSPS) is 14.5. The molecule has 3 atom stereocenters. The second-order valence-electron chi connectivity index (χ2n) is 32.8. The lowest BCUT2D eigenvalue weighted by molar-refractivity contribution is 0.0290. The van der Waals surface area contributed by atoms with Crippen molar-refractivity contribution in [1.82, 2.24) is 60.6 Å². The molecular weight excluding hydrogens is 1600 g/mol. The maximum absolute atomic E-state index is 13.9. The van der Waals surface area contributed by atoms with E-state index >= 15 is 0 Å². The van der Waals surface area contributed by atoms with Gasteiger partial charge in [-0.05, 0) is 156 Å². The number of nitrogens with one attached hydrogen (secondary N) is 6. The predicted molar refractivity (Wildman–Crippen MR) is 456 cm³/mol.